The Balaban J connectivity index is 3.06. The summed E-state index contributed by atoms with van der Waals surface area (Å²) in [7, 11) is 0. The fourth-order valence-corrected chi connectivity index (χ4v) is 1.83. The third-order valence-corrected chi connectivity index (χ3v) is 2.79. The molecule has 0 unspecified atom stereocenters. The van der Waals surface area contributed by atoms with Crippen molar-refractivity contribution < 1.29 is 14.7 Å². The average Bonchev–Trinajstić information content (AvgIpc) is 2.25. The molecule has 0 atom stereocenters. The maximum absolute atomic E-state index is 11.7. The summed E-state index contributed by atoms with van der Waals surface area (Å²) in [6.45, 7) is 1.89. The van der Waals surface area contributed by atoms with Crippen LogP contribution in [0.4, 0.5) is 0 Å². The number of hydrogen-bond donors (Lipinski definition) is 1. The van der Waals surface area contributed by atoms with E-state index in [-0.39, 0.29) is 5.78 Å². The molecule has 3 nitrogen and oxygen atoms in total. The lowest BCUT2D eigenvalue weighted by Crippen LogP contribution is -1.99. The highest BCUT2D eigenvalue weighted by Crippen LogP contribution is 2.22. The van der Waals surface area contributed by atoms with Gasteiger partial charge in [0.2, 0.25) is 0 Å². The molecule has 0 aliphatic heterocycles. The second-order valence-electron chi connectivity index (χ2n) is 3.24. The van der Waals surface area contributed by atoms with Crippen molar-refractivity contribution in [3.8, 4) is 0 Å². The molecule has 1 aromatic rings. The largest absolute Gasteiger partial charge is 0.478 e. The molecular weight excluding hydrogens is 224 g/mol. The molecule has 0 saturated carbocycles. The third-order valence-electron chi connectivity index (χ3n) is 2.00. The van der Waals surface area contributed by atoms with Crippen molar-refractivity contribution in [3.05, 3.63) is 41.5 Å². The van der Waals surface area contributed by atoms with Crippen LogP contribution in [0.5, 0.6) is 0 Å². The summed E-state index contributed by atoms with van der Waals surface area (Å²) in [6.07, 6.45) is 3.81. The first kappa shape index (κ1) is 12.5. The number of ketones is 1. The molecule has 4 heteroatoms. The molecule has 1 rings (SSSR count). The Hall–Kier alpha value is -1.55. The molecule has 0 heterocycles. The summed E-state index contributed by atoms with van der Waals surface area (Å²) in [6, 6.07) is 5.55. The van der Waals surface area contributed by atoms with Gasteiger partial charge in [-0.05, 0) is 31.4 Å². The number of thioether (sulfide) groups is 1. The van der Waals surface area contributed by atoms with Gasteiger partial charge in [-0.15, -0.1) is 11.8 Å². The van der Waals surface area contributed by atoms with Crippen molar-refractivity contribution in [2.45, 2.75) is 11.8 Å². The number of carboxylic acids is 1. The summed E-state index contributed by atoms with van der Waals surface area (Å²) in [5.41, 5.74) is 1.52. The summed E-state index contributed by atoms with van der Waals surface area (Å²) < 4.78 is 0. The molecule has 0 aromatic heterocycles. The number of carboxylic acid groups (broad SMARTS) is 1. The van der Waals surface area contributed by atoms with Crippen LogP contribution in [0.3, 0.4) is 0 Å². The third kappa shape index (κ3) is 3.24. The number of rotatable bonds is 4. The molecule has 0 aliphatic carbocycles. The first-order valence-electron chi connectivity index (χ1n) is 4.64. The van der Waals surface area contributed by atoms with Crippen molar-refractivity contribution in [2.75, 3.05) is 6.26 Å². The monoisotopic (exact) mass is 236 g/mol. The van der Waals surface area contributed by atoms with Gasteiger partial charge in [-0.2, -0.15) is 0 Å². The Labute approximate surface area is 98.2 Å². The predicted molar refractivity (Wildman–Crippen MR) is 64.1 cm³/mol. The standard InChI is InChI=1S/C12H12O3S/c1-8-3-5-11(16-2)9(7-8)10(13)4-6-12(14)15/h3-7H,1-2H3,(H,14,15)/b6-4+. The highest BCUT2D eigenvalue weighted by Gasteiger charge is 2.08. The van der Waals surface area contributed by atoms with Gasteiger partial charge < -0.3 is 5.11 Å². The van der Waals surface area contributed by atoms with Gasteiger partial charge in [0.15, 0.2) is 5.78 Å². The topological polar surface area (TPSA) is 54.4 Å². The van der Waals surface area contributed by atoms with Gasteiger partial charge in [0.05, 0.1) is 0 Å². The summed E-state index contributed by atoms with van der Waals surface area (Å²) in [5.74, 6) is -1.40. The lowest BCUT2D eigenvalue weighted by molar-refractivity contribution is -0.131. The van der Waals surface area contributed by atoms with Crippen molar-refractivity contribution in [1.29, 1.82) is 0 Å². The van der Waals surface area contributed by atoms with Crippen molar-refractivity contribution in [2.24, 2.45) is 0 Å². The molecule has 16 heavy (non-hydrogen) atoms. The number of aliphatic carboxylic acids is 1. The molecule has 0 radical (unpaired) electrons. The van der Waals surface area contributed by atoms with E-state index in [9.17, 15) is 9.59 Å². The zero-order valence-electron chi connectivity index (χ0n) is 9.06. The van der Waals surface area contributed by atoms with Gasteiger partial charge in [-0.25, -0.2) is 4.79 Å². The quantitative estimate of drug-likeness (QED) is 0.496. The fourth-order valence-electron chi connectivity index (χ4n) is 1.25. The van der Waals surface area contributed by atoms with Crippen LogP contribution >= 0.6 is 11.8 Å². The number of carbonyl (C=O) groups is 2. The van der Waals surface area contributed by atoms with Crippen LogP contribution < -0.4 is 0 Å². The number of allylic oxidation sites excluding steroid dienone is 1. The smallest absolute Gasteiger partial charge is 0.328 e. The minimum Gasteiger partial charge on any atom is -0.478 e. The van der Waals surface area contributed by atoms with E-state index in [1.807, 2.05) is 25.3 Å². The van der Waals surface area contributed by atoms with Gasteiger partial charge in [-0.3, -0.25) is 4.79 Å². The first-order chi connectivity index (χ1) is 7.54. The van der Waals surface area contributed by atoms with Crippen LogP contribution in [0.2, 0.25) is 0 Å². The number of carbonyl (C=O) groups excluding carboxylic acids is 1. The molecule has 0 saturated heterocycles. The van der Waals surface area contributed by atoms with Crippen LogP contribution in [0.15, 0.2) is 35.2 Å². The van der Waals surface area contributed by atoms with E-state index in [0.29, 0.717) is 5.56 Å². The lowest BCUT2D eigenvalue weighted by Gasteiger charge is -2.04. The van der Waals surface area contributed by atoms with E-state index in [1.54, 1.807) is 6.07 Å². The molecule has 0 aliphatic rings. The van der Waals surface area contributed by atoms with Gasteiger partial charge >= 0.3 is 5.97 Å². The Bertz CT molecular complexity index is 450. The maximum Gasteiger partial charge on any atom is 0.328 e. The Morgan fingerprint density at radius 1 is 1.31 bits per heavy atom. The van der Waals surface area contributed by atoms with E-state index >= 15 is 0 Å². The van der Waals surface area contributed by atoms with E-state index in [4.69, 9.17) is 5.11 Å². The molecule has 0 bridgehead atoms. The van der Waals surface area contributed by atoms with E-state index in [2.05, 4.69) is 0 Å². The van der Waals surface area contributed by atoms with E-state index < -0.39 is 5.97 Å². The van der Waals surface area contributed by atoms with Crippen molar-refractivity contribution >= 4 is 23.5 Å². The van der Waals surface area contributed by atoms with Crippen LogP contribution in [0.25, 0.3) is 0 Å². The van der Waals surface area contributed by atoms with Crippen molar-refractivity contribution in [1.82, 2.24) is 0 Å². The SMILES string of the molecule is CSc1ccc(C)cc1C(=O)/C=C/C(=O)O. The summed E-state index contributed by atoms with van der Waals surface area (Å²) in [4.78, 5) is 22.9. The van der Waals surface area contributed by atoms with Gasteiger partial charge in [0.1, 0.15) is 0 Å². The van der Waals surface area contributed by atoms with E-state index in [0.717, 1.165) is 22.6 Å². The zero-order chi connectivity index (χ0) is 12.1. The van der Waals surface area contributed by atoms with Gasteiger partial charge in [0, 0.05) is 16.5 Å². The highest BCUT2D eigenvalue weighted by molar-refractivity contribution is 7.98. The molecule has 84 valence electrons. The second-order valence-corrected chi connectivity index (χ2v) is 4.09. The fraction of sp³-hybridized carbons (Fsp3) is 0.167. The molecule has 1 aromatic carbocycles. The van der Waals surface area contributed by atoms with Gasteiger partial charge in [0.25, 0.3) is 0 Å². The minimum atomic E-state index is -1.12. The molecule has 0 spiro atoms. The highest BCUT2D eigenvalue weighted by atomic mass is 32.2. The zero-order valence-corrected chi connectivity index (χ0v) is 9.88. The molecule has 1 N–H and O–H groups in total. The minimum absolute atomic E-state index is 0.282. The van der Waals surface area contributed by atoms with Gasteiger partial charge in [-0.1, -0.05) is 11.6 Å². The molecular formula is C12H12O3S. The van der Waals surface area contributed by atoms with Crippen molar-refractivity contribution in [3.63, 3.8) is 0 Å². The second kappa shape index (κ2) is 5.51. The Morgan fingerprint density at radius 2 is 2.00 bits per heavy atom. The summed E-state index contributed by atoms with van der Waals surface area (Å²) >= 11 is 1.46. The van der Waals surface area contributed by atoms with Crippen LogP contribution in [0, 0.1) is 6.92 Å². The number of benzene rings is 1. The lowest BCUT2D eigenvalue weighted by atomic mass is 10.1. The van der Waals surface area contributed by atoms with E-state index in [1.165, 1.54) is 11.8 Å². The Kier molecular flexibility index (Phi) is 4.31. The van der Waals surface area contributed by atoms with Crippen LogP contribution in [-0.4, -0.2) is 23.1 Å². The number of aryl methyl sites for hydroxylation is 1. The normalized spacial score (nSPS) is 10.6. The predicted octanol–water partition coefficient (Wildman–Crippen LogP) is 2.54. The average molecular weight is 236 g/mol. The molecule has 0 amide bonds. The molecule has 0 fully saturated rings. The summed E-state index contributed by atoms with van der Waals surface area (Å²) in [5, 5.41) is 8.45. The van der Waals surface area contributed by atoms with Crippen LogP contribution in [0.1, 0.15) is 15.9 Å². The number of hydrogen-bond acceptors (Lipinski definition) is 3. The van der Waals surface area contributed by atoms with Crippen LogP contribution in [-0.2, 0) is 4.79 Å². The Morgan fingerprint density at radius 3 is 2.56 bits per heavy atom. The maximum atomic E-state index is 11.7. The first-order valence-corrected chi connectivity index (χ1v) is 5.87.